The first-order valence-electron chi connectivity index (χ1n) is 23.0. The average molecular weight is 853 g/mol. The van der Waals surface area contributed by atoms with Crippen molar-refractivity contribution >= 4 is 29.4 Å². The molecule has 6 rings (SSSR count). The third-order valence-electron chi connectivity index (χ3n) is 15.9. The van der Waals surface area contributed by atoms with Gasteiger partial charge in [-0.15, -0.1) is 0 Å². The summed E-state index contributed by atoms with van der Waals surface area (Å²) >= 11 is -3.20. The maximum absolute atomic E-state index is 3.20. The molecule has 2 aliphatic rings. The van der Waals surface area contributed by atoms with E-state index < -0.39 is 35.6 Å². The molecule has 0 bridgehead atoms. The van der Waals surface area contributed by atoms with Crippen molar-refractivity contribution in [3.63, 3.8) is 0 Å². The zero-order valence-electron chi connectivity index (χ0n) is 40.1. The van der Waals surface area contributed by atoms with Gasteiger partial charge in [0.25, 0.3) is 0 Å². The van der Waals surface area contributed by atoms with E-state index in [0.717, 1.165) is 38.5 Å². The molecule has 59 heavy (non-hydrogen) atoms. The van der Waals surface area contributed by atoms with Gasteiger partial charge < -0.3 is 0 Å². The first kappa shape index (κ1) is 45.5. The van der Waals surface area contributed by atoms with E-state index in [1.165, 1.54) is 44.5 Å². The Kier molecular flexibility index (Phi) is 13.7. The van der Waals surface area contributed by atoms with Crippen molar-refractivity contribution in [1.29, 1.82) is 0 Å². The van der Waals surface area contributed by atoms with E-state index in [4.69, 9.17) is 0 Å². The number of rotatable bonds is 14. The second-order valence-electron chi connectivity index (χ2n) is 19.4. The van der Waals surface area contributed by atoms with Crippen molar-refractivity contribution in [3.8, 4) is 0 Å². The molecule has 2 atom stereocenters. The quantitative estimate of drug-likeness (QED) is 0.111. The van der Waals surface area contributed by atoms with Crippen LogP contribution in [-0.2, 0) is 55.1 Å². The van der Waals surface area contributed by atoms with Crippen LogP contribution in [0.4, 0.5) is 0 Å². The molecule has 4 aromatic rings. The molecule has 0 saturated heterocycles. The van der Waals surface area contributed by atoms with Crippen molar-refractivity contribution in [2.75, 3.05) is 0 Å². The van der Waals surface area contributed by atoms with E-state index in [1.807, 2.05) is 7.76 Å². The molecule has 0 aromatic heterocycles. The molecule has 0 heterocycles. The van der Waals surface area contributed by atoms with Crippen LogP contribution in [0.5, 0.6) is 0 Å². The fourth-order valence-corrected chi connectivity index (χ4v) is 30.6. The van der Waals surface area contributed by atoms with Gasteiger partial charge >= 0.3 is 372 Å². The minimum absolute atomic E-state index is 0.0509. The molecule has 3 heteroatoms. The zero-order valence-corrected chi connectivity index (χ0v) is 44.5. The molecular weight excluding hydrogens is 777 g/mol. The Balaban J connectivity index is 1.67. The third kappa shape index (κ3) is 8.23. The van der Waals surface area contributed by atoms with Crippen molar-refractivity contribution in [3.05, 3.63) is 170 Å². The van der Waals surface area contributed by atoms with Crippen LogP contribution in [-0.4, -0.2) is 19.0 Å². The summed E-state index contributed by atoms with van der Waals surface area (Å²) in [6.07, 6.45) is 6.62. The maximum atomic E-state index is 2.87. The van der Waals surface area contributed by atoms with Crippen LogP contribution in [0.3, 0.4) is 0 Å². The van der Waals surface area contributed by atoms with Crippen molar-refractivity contribution in [2.45, 2.75) is 156 Å². The summed E-state index contributed by atoms with van der Waals surface area (Å²) in [6, 6.07) is 29.7. The van der Waals surface area contributed by atoms with Gasteiger partial charge in [-0.25, -0.2) is 0 Å². The van der Waals surface area contributed by atoms with E-state index in [0.29, 0.717) is 0 Å². The molecule has 0 amide bonds. The van der Waals surface area contributed by atoms with E-state index in [-0.39, 0.29) is 10.1 Å². The minimum atomic E-state index is -3.20. The fourth-order valence-electron chi connectivity index (χ4n) is 12.1. The van der Waals surface area contributed by atoms with Gasteiger partial charge in [-0.3, -0.25) is 0 Å². The van der Waals surface area contributed by atoms with E-state index in [1.54, 1.807) is 54.9 Å². The fraction of sp³-hybridized carbons (Fsp3) is 0.429. The standard InChI is InChI=1S/2C27H35Si.2CH3.Ti/c2*1-8-23-13-24(9-2)15-26(14-23)28-27(16-19(4)20(5)22(27)7)17-25-12-10-11-18(3)21(25)6;;;/h2*10-15H,8-9,17,28H2,1-7H3;2*1H3;. The van der Waals surface area contributed by atoms with Crippen molar-refractivity contribution < 1.29 is 16.6 Å². The van der Waals surface area contributed by atoms with Crippen LogP contribution < -0.4 is 10.4 Å². The summed E-state index contributed by atoms with van der Waals surface area (Å²) in [4.78, 5) is 0. The predicted octanol–water partition coefficient (Wildman–Crippen LogP) is 12.8. The molecule has 0 spiro atoms. The number of aryl methyl sites for hydroxylation is 6. The number of hydrogen-bond acceptors (Lipinski definition) is 0. The van der Waals surface area contributed by atoms with Gasteiger partial charge in [-0.2, -0.15) is 0 Å². The molecule has 0 fully saturated rings. The number of hydrogen-bond donors (Lipinski definition) is 0. The molecule has 0 saturated carbocycles. The molecule has 4 aromatic carbocycles. The van der Waals surface area contributed by atoms with Crippen LogP contribution >= 0.6 is 0 Å². The van der Waals surface area contributed by atoms with Crippen LogP contribution in [0.2, 0.25) is 20.5 Å². The average Bonchev–Trinajstić information content (AvgIpc) is 3.51. The summed E-state index contributed by atoms with van der Waals surface area (Å²) in [6.45, 7) is 34.0. The van der Waals surface area contributed by atoms with Gasteiger partial charge in [0.1, 0.15) is 0 Å². The van der Waals surface area contributed by atoms with Gasteiger partial charge in [0.2, 0.25) is 0 Å². The number of allylic oxidation sites excluding steroid dienone is 8. The summed E-state index contributed by atoms with van der Waals surface area (Å²) in [5.74, 6) is 0. The monoisotopic (exact) mass is 852 g/mol. The Bertz CT molecular complexity index is 2200. The van der Waals surface area contributed by atoms with Crippen LogP contribution in [0.15, 0.2) is 114 Å². The van der Waals surface area contributed by atoms with Gasteiger partial charge in [-0.05, 0) is 0 Å². The van der Waals surface area contributed by atoms with E-state index in [2.05, 4.69) is 180 Å². The molecule has 2 unspecified atom stereocenters. The van der Waals surface area contributed by atoms with Crippen LogP contribution in [0.1, 0.15) is 125 Å². The Hall–Kier alpha value is -3.01. The second kappa shape index (κ2) is 17.8. The Morgan fingerprint density at radius 2 is 0.763 bits per heavy atom. The van der Waals surface area contributed by atoms with Gasteiger partial charge in [-0.1, -0.05) is 0 Å². The summed E-state index contributed by atoms with van der Waals surface area (Å²) < 4.78 is 3.82. The molecule has 0 nitrogen and oxygen atoms in total. The second-order valence-corrected chi connectivity index (χ2v) is 30.8. The predicted molar refractivity (Wildman–Crippen MR) is 265 cm³/mol. The Labute approximate surface area is 369 Å². The summed E-state index contributed by atoms with van der Waals surface area (Å²) in [5.41, 5.74) is 24.8. The molecule has 0 radical (unpaired) electrons. The van der Waals surface area contributed by atoms with Crippen LogP contribution in [0.25, 0.3) is 0 Å². The summed E-state index contributed by atoms with van der Waals surface area (Å²) in [7, 11) is -1.71. The molecule has 312 valence electrons. The summed E-state index contributed by atoms with van der Waals surface area (Å²) in [5, 5.41) is 9.16. The molecular formula is C56H76Si2Ti. The topological polar surface area (TPSA) is 0 Å². The van der Waals surface area contributed by atoms with Gasteiger partial charge in [0.15, 0.2) is 0 Å². The molecule has 2 aliphatic carbocycles. The third-order valence-corrected chi connectivity index (χ3v) is 28.7. The zero-order chi connectivity index (χ0) is 43.2. The SMILES string of the molecule is CCc1cc(CC)cc([SiH2]C2(Cc3cccc(C)c3C)C(C)=C(C)C(C)=[C]2[Ti]([CH3])([CH3])[C]2=C(C)C(C)=C(C)C2(Cc2cccc(C)c2C)[SiH2]c2cc(CC)cc(CC)c2)c1. The Morgan fingerprint density at radius 3 is 1.07 bits per heavy atom. The first-order chi connectivity index (χ1) is 27.9. The number of benzene rings is 4. The normalized spacial score (nSPS) is 20.3. The van der Waals surface area contributed by atoms with Gasteiger partial charge in [0, 0.05) is 0 Å². The van der Waals surface area contributed by atoms with Crippen molar-refractivity contribution in [2.24, 2.45) is 0 Å². The van der Waals surface area contributed by atoms with Crippen LogP contribution in [0, 0.1) is 27.7 Å². The Morgan fingerprint density at radius 1 is 0.441 bits per heavy atom. The van der Waals surface area contributed by atoms with Gasteiger partial charge in [0.05, 0.1) is 0 Å². The van der Waals surface area contributed by atoms with E-state index >= 15 is 0 Å². The first-order valence-corrected chi connectivity index (χ1v) is 30.5. The van der Waals surface area contributed by atoms with E-state index in [9.17, 15) is 0 Å². The molecule has 0 N–H and O–H groups in total. The molecule has 0 aliphatic heterocycles. The van der Waals surface area contributed by atoms with Crippen molar-refractivity contribution in [1.82, 2.24) is 0 Å².